The fourth-order valence-corrected chi connectivity index (χ4v) is 5.27. The average Bonchev–Trinajstić information content (AvgIpc) is 2.90. The number of carbonyl (C=O) groups is 2. The van der Waals surface area contributed by atoms with Crippen LogP contribution in [0.4, 0.5) is 14.5 Å². The Kier molecular flexibility index (Phi) is 9.52. The van der Waals surface area contributed by atoms with Crippen LogP contribution in [0.15, 0.2) is 77.7 Å². The highest BCUT2D eigenvalue weighted by Crippen LogP contribution is 2.26. The maximum Gasteiger partial charge on any atom is 0.264 e. The zero-order valence-corrected chi connectivity index (χ0v) is 23.8. The number of methoxy groups -OCH3 is 1. The lowest BCUT2D eigenvalue weighted by atomic mass is 10.1. The van der Waals surface area contributed by atoms with Gasteiger partial charge in [0.25, 0.3) is 10.0 Å². The van der Waals surface area contributed by atoms with E-state index in [0.717, 1.165) is 16.4 Å². The molecule has 0 spiro atoms. The molecule has 0 bridgehead atoms. The molecule has 0 saturated heterocycles. The number of carbonyl (C=O) groups excluding carboxylic acids is 2. The highest BCUT2D eigenvalue weighted by Gasteiger charge is 2.33. The van der Waals surface area contributed by atoms with Crippen molar-refractivity contribution in [3.05, 3.63) is 90.0 Å². The second-order valence-electron chi connectivity index (χ2n) is 10.2. The van der Waals surface area contributed by atoms with E-state index in [4.69, 9.17) is 4.74 Å². The van der Waals surface area contributed by atoms with Gasteiger partial charge in [0.2, 0.25) is 11.8 Å². The van der Waals surface area contributed by atoms with E-state index < -0.39 is 51.6 Å². The number of ether oxygens (including phenoxy) is 1. The fraction of sp³-hybridized carbons (Fsp3) is 0.310. The van der Waals surface area contributed by atoms with Crippen molar-refractivity contribution in [2.24, 2.45) is 0 Å². The quantitative estimate of drug-likeness (QED) is 0.385. The number of rotatable bonds is 10. The van der Waals surface area contributed by atoms with Gasteiger partial charge >= 0.3 is 0 Å². The van der Waals surface area contributed by atoms with Gasteiger partial charge in [-0.3, -0.25) is 13.9 Å². The molecule has 1 atom stereocenters. The average molecular weight is 574 g/mol. The van der Waals surface area contributed by atoms with Crippen molar-refractivity contribution >= 4 is 27.5 Å². The molecule has 2 amide bonds. The first-order valence-electron chi connectivity index (χ1n) is 12.5. The van der Waals surface area contributed by atoms with Gasteiger partial charge in [0.15, 0.2) is 0 Å². The van der Waals surface area contributed by atoms with Gasteiger partial charge in [-0.15, -0.1) is 0 Å². The zero-order chi connectivity index (χ0) is 29.7. The van der Waals surface area contributed by atoms with E-state index in [-0.39, 0.29) is 17.1 Å². The molecule has 0 aliphatic rings. The number of amides is 2. The molecule has 0 radical (unpaired) electrons. The van der Waals surface area contributed by atoms with Crippen molar-refractivity contribution in [3.63, 3.8) is 0 Å². The summed E-state index contributed by atoms with van der Waals surface area (Å²) in [5, 5.41) is 2.83. The lowest BCUT2D eigenvalue weighted by Gasteiger charge is -2.33. The second-order valence-corrected chi connectivity index (χ2v) is 12.1. The molecule has 3 aromatic carbocycles. The van der Waals surface area contributed by atoms with Crippen LogP contribution in [0.5, 0.6) is 5.75 Å². The topological polar surface area (TPSA) is 96.0 Å². The molecule has 0 saturated carbocycles. The summed E-state index contributed by atoms with van der Waals surface area (Å²) >= 11 is 0. The molecule has 1 N–H and O–H groups in total. The van der Waals surface area contributed by atoms with Crippen LogP contribution < -0.4 is 14.4 Å². The van der Waals surface area contributed by atoms with Crippen molar-refractivity contribution < 1.29 is 31.5 Å². The van der Waals surface area contributed by atoms with Crippen molar-refractivity contribution in [3.8, 4) is 5.75 Å². The van der Waals surface area contributed by atoms with Crippen molar-refractivity contribution in [2.45, 2.75) is 50.7 Å². The van der Waals surface area contributed by atoms with Gasteiger partial charge in [-0.25, -0.2) is 17.2 Å². The minimum absolute atomic E-state index is 0.0547. The standard InChI is InChI=1S/C29H33F2N3O5S/c1-20(28(36)32-29(2,3)4)33(18-21-6-8-22(30)9-7-21)27(35)19-34(24-12-10-23(31)11-13-24)40(37,38)26-16-14-25(39-5)15-17-26/h6-17,20H,18-19H2,1-5H3,(H,32,36)/t20-/m0/s1. The Morgan fingerprint density at radius 3 is 1.93 bits per heavy atom. The molecule has 3 aromatic rings. The highest BCUT2D eigenvalue weighted by molar-refractivity contribution is 7.92. The third-order valence-electron chi connectivity index (χ3n) is 5.97. The molecule has 0 unspecified atom stereocenters. The molecule has 11 heteroatoms. The Morgan fingerprint density at radius 1 is 0.900 bits per heavy atom. The summed E-state index contributed by atoms with van der Waals surface area (Å²) in [4.78, 5) is 28.0. The molecule has 0 heterocycles. The van der Waals surface area contributed by atoms with Crippen LogP contribution >= 0.6 is 0 Å². The van der Waals surface area contributed by atoms with Crippen LogP contribution in [0, 0.1) is 11.6 Å². The molecule has 0 aliphatic carbocycles. The van der Waals surface area contributed by atoms with E-state index in [1.807, 2.05) is 0 Å². The smallest absolute Gasteiger partial charge is 0.264 e. The summed E-state index contributed by atoms with van der Waals surface area (Å²) in [6.45, 7) is 6.14. The normalized spacial score (nSPS) is 12.4. The van der Waals surface area contributed by atoms with Gasteiger partial charge in [0.1, 0.15) is 30.0 Å². The van der Waals surface area contributed by atoms with Gasteiger partial charge in [-0.2, -0.15) is 0 Å². The first kappa shape index (κ1) is 30.6. The molecule has 0 aromatic heterocycles. The van der Waals surface area contributed by atoms with Crippen LogP contribution in [-0.4, -0.2) is 50.4 Å². The Balaban J connectivity index is 2.03. The van der Waals surface area contributed by atoms with Crippen LogP contribution in [0.3, 0.4) is 0 Å². The summed E-state index contributed by atoms with van der Waals surface area (Å²) in [5.74, 6) is -1.75. The molecule has 0 aliphatic heterocycles. The van der Waals surface area contributed by atoms with Crippen LogP contribution in [0.2, 0.25) is 0 Å². The first-order chi connectivity index (χ1) is 18.7. The summed E-state index contributed by atoms with van der Waals surface area (Å²) in [6.07, 6.45) is 0. The Labute approximate surface area is 233 Å². The number of halogens is 2. The van der Waals surface area contributed by atoms with E-state index in [1.165, 1.54) is 79.6 Å². The highest BCUT2D eigenvalue weighted by atomic mass is 32.2. The molecule has 8 nitrogen and oxygen atoms in total. The number of sulfonamides is 1. The number of nitrogens with one attached hydrogen (secondary N) is 1. The monoisotopic (exact) mass is 573 g/mol. The predicted molar refractivity (Wildman–Crippen MR) is 148 cm³/mol. The second kappa shape index (κ2) is 12.5. The lowest BCUT2D eigenvalue weighted by Crippen LogP contribution is -2.54. The number of hydrogen-bond donors (Lipinski definition) is 1. The van der Waals surface area contributed by atoms with Gasteiger partial charge in [-0.1, -0.05) is 12.1 Å². The Bertz CT molecular complexity index is 1420. The van der Waals surface area contributed by atoms with E-state index >= 15 is 0 Å². The number of anilines is 1. The lowest BCUT2D eigenvalue weighted by molar-refractivity contribution is -0.140. The van der Waals surface area contributed by atoms with Crippen LogP contribution in [0.25, 0.3) is 0 Å². The van der Waals surface area contributed by atoms with Gasteiger partial charge in [0.05, 0.1) is 17.7 Å². The zero-order valence-electron chi connectivity index (χ0n) is 23.0. The van der Waals surface area contributed by atoms with Crippen LogP contribution in [-0.2, 0) is 26.2 Å². The van der Waals surface area contributed by atoms with Crippen LogP contribution in [0.1, 0.15) is 33.3 Å². The summed E-state index contributed by atoms with van der Waals surface area (Å²) < 4.78 is 60.7. The molecular weight excluding hydrogens is 540 g/mol. The molecule has 214 valence electrons. The number of hydrogen-bond acceptors (Lipinski definition) is 5. The van der Waals surface area contributed by atoms with E-state index in [0.29, 0.717) is 11.3 Å². The van der Waals surface area contributed by atoms with E-state index in [2.05, 4.69) is 5.32 Å². The summed E-state index contributed by atoms with van der Waals surface area (Å²) in [5.41, 5.74) is 0.00365. The van der Waals surface area contributed by atoms with Gasteiger partial charge < -0.3 is 15.0 Å². The third kappa shape index (κ3) is 7.78. The molecule has 3 rings (SSSR count). The predicted octanol–water partition coefficient (Wildman–Crippen LogP) is 4.50. The Hall–Kier alpha value is -3.99. The van der Waals surface area contributed by atoms with Gasteiger partial charge in [0, 0.05) is 12.1 Å². The SMILES string of the molecule is COc1ccc(S(=O)(=O)N(CC(=O)N(Cc2ccc(F)cc2)[C@@H](C)C(=O)NC(C)(C)C)c2ccc(F)cc2)cc1. The van der Waals surface area contributed by atoms with E-state index in [9.17, 15) is 26.8 Å². The first-order valence-corrected chi connectivity index (χ1v) is 13.9. The van der Waals surface area contributed by atoms with Crippen molar-refractivity contribution in [1.82, 2.24) is 10.2 Å². The minimum Gasteiger partial charge on any atom is -0.497 e. The maximum atomic E-state index is 13.8. The third-order valence-corrected chi connectivity index (χ3v) is 7.76. The fourth-order valence-electron chi connectivity index (χ4n) is 3.85. The van der Waals surface area contributed by atoms with Crippen molar-refractivity contribution in [2.75, 3.05) is 18.0 Å². The Morgan fingerprint density at radius 2 is 1.43 bits per heavy atom. The molecule has 40 heavy (non-hydrogen) atoms. The summed E-state index contributed by atoms with van der Waals surface area (Å²) in [7, 11) is -2.87. The number of benzene rings is 3. The minimum atomic E-state index is -4.32. The number of nitrogens with zero attached hydrogens (tertiary/aromatic N) is 2. The van der Waals surface area contributed by atoms with Crippen molar-refractivity contribution in [1.29, 1.82) is 0 Å². The molecular formula is C29H33F2N3O5S. The van der Waals surface area contributed by atoms with Gasteiger partial charge in [-0.05, 0) is 93.9 Å². The largest absolute Gasteiger partial charge is 0.497 e. The maximum absolute atomic E-state index is 13.8. The summed E-state index contributed by atoms with van der Waals surface area (Å²) in [6, 6.07) is 14.7. The molecule has 0 fully saturated rings. The van der Waals surface area contributed by atoms with E-state index in [1.54, 1.807) is 20.8 Å².